The highest BCUT2D eigenvalue weighted by Gasteiger charge is 2.32. The third-order valence-corrected chi connectivity index (χ3v) is 5.79. The van der Waals surface area contributed by atoms with Gasteiger partial charge in [0.2, 0.25) is 0 Å². The minimum atomic E-state index is -1.46. The summed E-state index contributed by atoms with van der Waals surface area (Å²) in [6, 6.07) is 3.44. The zero-order chi connectivity index (χ0) is 20.7. The van der Waals surface area contributed by atoms with Gasteiger partial charge in [0.05, 0.1) is 12.4 Å². The zero-order valence-corrected chi connectivity index (χ0v) is 16.2. The summed E-state index contributed by atoms with van der Waals surface area (Å²) >= 11 is 0. The quantitative estimate of drug-likeness (QED) is 0.675. The second-order valence-electron chi connectivity index (χ2n) is 7.97. The second kappa shape index (κ2) is 7.70. The maximum atomic E-state index is 15.0. The molecule has 0 amide bonds. The van der Waals surface area contributed by atoms with E-state index in [4.69, 9.17) is 4.98 Å². The number of hydrogen-bond acceptors (Lipinski definition) is 6. The van der Waals surface area contributed by atoms with Crippen molar-refractivity contribution < 1.29 is 13.2 Å². The average Bonchev–Trinajstić information content (AvgIpc) is 3.57. The van der Waals surface area contributed by atoms with E-state index in [1.165, 1.54) is 6.07 Å². The van der Waals surface area contributed by atoms with Crippen molar-refractivity contribution in [1.82, 2.24) is 20.2 Å². The highest BCUT2D eigenvalue weighted by Crippen LogP contribution is 2.38. The number of piperidine rings is 1. The van der Waals surface area contributed by atoms with Gasteiger partial charge in [-0.25, -0.2) is 23.1 Å². The van der Waals surface area contributed by atoms with Gasteiger partial charge in [-0.1, -0.05) is 6.07 Å². The topological polar surface area (TPSA) is 66.8 Å². The Hall–Kier alpha value is -2.97. The van der Waals surface area contributed by atoms with Crippen molar-refractivity contribution >= 4 is 22.7 Å². The first-order valence-corrected chi connectivity index (χ1v) is 10.2. The van der Waals surface area contributed by atoms with Crippen molar-refractivity contribution in [1.29, 1.82) is 0 Å². The Morgan fingerprint density at radius 2 is 1.67 bits per heavy atom. The van der Waals surface area contributed by atoms with Crippen LogP contribution < -0.4 is 10.2 Å². The lowest BCUT2D eigenvalue weighted by Crippen LogP contribution is -2.36. The van der Waals surface area contributed by atoms with Gasteiger partial charge in [-0.15, -0.1) is 0 Å². The number of benzene rings is 1. The van der Waals surface area contributed by atoms with Crippen LogP contribution in [-0.4, -0.2) is 39.3 Å². The van der Waals surface area contributed by atoms with Crippen molar-refractivity contribution in [2.45, 2.75) is 37.9 Å². The van der Waals surface area contributed by atoms with E-state index in [-0.39, 0.29) is 11.5 Å². The standard InChI is InChI=1S/C21H21F3N6/c22-13-1-4-15(16(23)9-13)19(24)12-5-7-30(8-6-12)21-20(27-14-2-3-14)28-17-10-25-26-11-18(17)29-21/h1,4,9-12,14,19H,2-3,5-8H2,(H,27,28)/t19-/m1/s1. The van der Waals surface area contributed by atoms with Crippen LogP contribution >= 0.6 is 0 Å². The minimum Gasteiger partial charge on any atom is -0.364 e. The molecule has 1 aliphatic carbocycles. The van der Waals surface area contributed by atoms with Gasteiger partial charge in [-0.3, -0.25) is 0 Å². The van der Waals surface area contributed by atoms with Crippen LogP contribution in [0.3, 0.4) is 0 Å². The predicted molar refractivity (Wildman–Crippen MR) is 107 cm³/mol. The third kappa shape index (κ3) is 3.76. The number of aromatic nitrogens is 4. The van der Waals surface area contributed by atoms with E-state index in [2.05, 4.69) is 25.4 Å². The fraction of sp³-hybridized carbons (Fsp3) is 0.429. The van der Waals surface area contributed by atoms with E-state index in [9.17, 15) is 13.2 Å². The Morgan fingerprint density at radius 1 is 0.967 bits per heavy atom. The van der Waals surface area contributed by atoms with Gasteiger partial charge in [0.15, 0.2) is 11.6 Å². The van der Waals surface area contributed by atoms with Crippen LogP contribution in [0.4, 0.5) is 24.8 Å². The number of hydrogen-bond donors (Lipinski definition) is 1. The summed E-state index contributed by atoms with van der Waals surface area (Å²) in [6.45, 7) is 1.15. The largest absolute Gasteiger partial charge is 0.364 e. The number of nitrogens with one attached hydrogen (secondary N) is 1. The molecule has 1 N–H and O–H groups in total. The maximum absolute atomic E-state index is 15.0. The number of nitrogens with zero attached hydrogens (tertiary/aromatic N) is 5. The number of rotatable bonds is 5. The summed E-state index contributed by atoms with van der Waals surface area (Å²) in [7, 11) is 0. The highest BCUT2D eigenvalue weighted by molar-refractivity contribution is 5.79. The molecule has 156 valence electrons. The van der Waals surface area contributed by atoms with Gasteiger partial charge in [0.25, 0.3) is 0 Å². The molecular weight excluding hydrogens is 393 g/mol. The molecule has 0 radical (unpaired) electrons. The molecule has 2 fully saturated rings. The summed E-state index contributed by atoms with van der Waals surface area (Å²) in [5, 5.41) is 11.2. The molecule has 1 aromatic carbocycles. The van der Waals surface area contributed by atoms with Crippen LogP contribution in [0.1, 0.15) is 37.4 Å². The number of halogens is 3. The first-order valence-electron chi connectivity index (χ1n) is 10.2. The lowest BCUT2D eigenvalue weighted by Gasteiger charge is -2.35. The van der Waals surface area contributed by atoms with Crippen molar-refractivity contribution in [2.24, 2.45) is 5.92 Å². The number of anilines is 2. The first kappa shape index (κ1) is 19.0. The van der Waals surface area contributed by atoms with Crippen LogP contribution in [-0.2, 0) is 0 Å². The molecular formula is C21H21F3N6. The molecule has 9 heteroatoms. The van der Waals surface area contributed by atoms with Gasteiger partial charge >= 0.3 is 0 Å². The van der Waals surface area contributed by atoms with Gasteiger partial charge < -0.3 is 10.2 Å². The van der Waals surface area contributed by atoms with Gasteiger partial charge in [0.1, 0.15) is 28.8 Å². The normalized spacial score (nSPS) is 18.6. The lowest BCUT2D eigenvalue weighted by atomic mass is 9.88. The van der Waals surface area contributed by atoms with Crippen LogP contribution in [0.15, 0.2) is 30.6 Å². The monoisotopic (exact) mass is 414 g/mol. The molecule has 0 bridgehead atoms. The van der Waals surface area contributed by atoms with Gasteiger partial charge in [-0.05, 0) is 37.7 Å². The van der Waals surface area contributed by atoms with Crippen molar-refractivity contribution in [3.05, 3.63) is 47.8 Å². The maximum Gasteiger partial charge on any atom is 0.172 e. The molecule has 1 atom stereocenters. The highest BCUT2D eigenvalue weighted by atomic mass is 19.1. The van der Waals surface area contributed by atoms with E-state index in [1.54, 1.807) is 12.4 Å². The van der Waals surface area contributed by atoms with Gasteiger partial charge in [0, 0.05) is 30.8 Å². The summed E-state index contributed by atoms with van der Waals surface area (Å²) in [4.78, 5) is 11.5. The Labute approximate surface area is 171 Å². The van der Waals surface area contributed by atoms with E-state index in [0.717, 1.165) is 30.8 Å². The summed E-state index contributed by atoms with van der Waals surface area (Å²) in [5.74, 6) is -0.432. The molecule has 1 saturated heterocycles. The molecule has 1 saturated carbocycles. The molecule has 2 aromatic heterocycles. The van der Waals surface area contributed by atoms with Crippen LogP contribution in [0.2, 0.25) is 0 Å². The van der Waals surface area contributed by atoms with Crippen molar-refractivity contribution in [2.75, 3.05) is 23.3 Å². The summed E-state index contributed by atoms with van der Waals surface area (Å²) in [6.07, 6.45) is 4.97. The molecule has 5 rings (SSSR count). The molecule has 2 aliphatic rings. The van der Waals surface area contributed by atoms with E-state index in [1.807, 2.05) is 0 Å². The van der Waals surface area contributed by atoms with E-state index in [0.29, 0.717) is 48.8 Å². The molecule has 30 heavy (non-hydrogen) atoms. The second-order valence-corrected chi connectivity index (χ2v) is 7.97. The minimum absolute atomic E-state index is 0.0741. The van der Waals surface area contributed by atoms with Gasteiger partial charge in [-0.2, -0.15) is 10.2 Å². The van der Waals surface area contributed by atoms with Crippen molar-refractivity contribution in [3.8, 4) is 0 Å². The van der Waals surface area contributed by atoms with Crippen LogP contribution in [0.25, 0.3) is 11.0 Å². The molecule has 6 nitrogen and oxygen atoms in total. The van der Waals surface area contributed by atoms with E-state index < -0.39 is 17.8 Å². The summed E-state index contributed by atoms with van der Waals surface area (Å²) < 4.78 is 42.1. The SMILES string of the molecule is Fc1ccc([C@H](F)C2CCN(c3nc4cnncc4nc3NC3CC3)CC2)c(F)c1. The Morgan fingerprint density at radius 3 is 2.33 bits per heavy atom. The Balaban J connectivity index is 1.35. The Kier molecular flexibility index (Phi) is 4.88. The van der Waals surface area contributed by atoms with E-state index >= 15 is 0 Å². The summed E-state index contributed by atoms with van der Waals surface area (Å²) in [5.41, 5.74) is 1.25. The molecule has 1 aliphatic heterocycles. The third-order valence-electron chi connectivity index (χ3n) is 5.79. The molecule has 3 heterocycles. The van der Waals surface area contributed by atoms with Crippen LogP contribution in [0.5, 0.6) is 0 Å². The fourth-order valence-electron chi connectivity index (χ4n) is 3.94. The average molecular weight is 414 g/mol. The lowest BCUT2D eigenvalue weighted by molar-refractivity contribution is 0.193. The molecule has 0 spiro atoms. The van der Waals surface area contributed by atoms with Crippen LogP contribution in [0, 0.1) is 17.6 Å². The first-order chi connectivity index (χ1) is 14.6. The smallest absolute Gasteiger partial charge is 0.172 e. The Bertz CT molecular complexity index is 1070. The molecule has 0 unspecified atom stereocenters. The number of fused-ring (bicyclic) bond motifs is 1. The zero-order valence-electron chi connectivity index (χ0n) is 16.2. The predicted octanol–water partition coefficient (Wildman–Crippen LogP) is 4.20. The fourth-order valence-corrected chi connectivity index (χ4v) is 3.94. The molecule has 3 aromatic rings. The van der Waals surface area contributed by atoms with Crippen molar-refractivity contribution in [3.63, 3.8) is 0 Å². The number of alkyl halides is 1.